The van der Waals surface area contributed by atoms with Crippen LogP contribution < -0.4 is 20.1 Å². The van der Waals surface area contributed by atoms with Gasteiger partial charge in [0.1, 0.15) is 28.6 Å². The molecule has 1 fully saturated rings. The van der Waals surface area contributed by atoms with E-state index in [0.717, 1.165) is 37.7 Å². The van der Waals surface area contributed by atoms with Crippen LogP contribution in [0.15, 0.2) is 53.2 Å². The van der Waals surface area contributed by atoms with E-state index in [2.05, 4.69) is 30.5 Å². The molecule has 0 unspecified atom stereocenters. The van der Waals surface area contributed by atoms with Crippen molar-refractivity contribution in [1.82, 2.24) is 24.8 Å². The van der Waals surface area contributed by atoms with Crippen LogP contribution in [-0.2, 0) is 13.2 Å². The number of hydrogen-bond donors (Lipinski definition) is 3. The van der Waals surface area contributed by atoms with Crippen molar-refractivity contribution in [1.29, 1.82) is 5.41 Å². The van der Waals surface area contributed by atoms with Crippen molar-refractivity contribution >= 4 is 57.4 Å². The van der Waals surface area contributed by atoms with Gasteiger partial charge >= 0.3 is 6.18 Å². The minimum absolute atomic E-state index is 0.0342. The molecule has 2 aliphatic heterocycles. The summed E-state index contributed by atoms with van der Waals surface area (Å²) >= 11 is 12.8. The number of aryl methyl sites for hydroxylation is 1. The predicted octanol–water partition coefficient (Wildman–Crippen LogP) is 5.81. The van der Waals surface area contributed by atoms with Gasteiger partial charge in [0.2, 0.25) is 5.95 Å². The van der Waals surface area contributed by atoms with Crippen LogP contribution in [0.3, 0.4) is 0 Å². The predicted molar refractivity (Wildman–Crippen MR) is 151 cm³/mol. The maximum atomic E-state index is 13.7. The molecule has 2 aliphatic rings. The summed E-state index contributed by atoms with van der Waals surface area (Å²) in [5.74, 6) is 0.417. The molecule has 0 aliphatic carbocycles. The summed E-state index contributed by atoms with van der Waals surface area (Å²) in [7, 11) is 3.60. The van der Waals surface area contributed by atoms with Gasteiger partial charge in [0.05, 0.1) is 18.0 Å². The van der Waals surface area contributed by atoms with Crippen LogP contribution in [-0.4, -0.2) is 57.1 Å². The highest BCUT2D eigenvalue weighted by Crippen LogP contribution is 2.37. The number of benzene rings is 1. The maximum Gasteiger partial charge on any atom is 0.416 e. The van der Waals surface area contributed by atoms with E-state index in [-0.39, 0.29) is 63.1 Å². The SMILES string of the molecule is CN1CCC[C@@H]1COc1cc(Nc2nc3ncc(O/C(C=N)=C4/NC=CN=C4Cl)c(Cl)c3n2C)cc(C(F)(F)F)c1. The van der Waals surface area contributed by atoms with Crippen LogP contribution in [0.5, 0.6) is 11.5 Å². The summed E-state index contributed by atoms with van der Waals surface area (Å²) in [6.45, 7) is 1.21. The summed E-state index contributed by atoms with van der Waals surface area (Å²) in [4.78, 5) is 14.8. The molecule has 3 N–H and O–H groups in total. The standard InChI is InChI=1S/C26H25Cl2F3N8O2/c1-38-7-3-4-16(38)13-40-17-9-14(26(29,30)31)8-15(10-17)36-25-37-24-22(39(25)2)20(27)19(12-35-24)41-18(11-32)21-23(28)34-6-5-33-21/h5-6,8-12,16,32-33H,3-4,7,13H2,1-2H3,(H,35,36,37)/b21-18+,32-11?/t16-/m1/s1. The fraction of sp³-hybridized carbons (Fsp3) is 0.308. The van der Waals surface area contributed by atoms with Crippen molar-refractivity contribution in [2.24, 2.45) is 12.0 Å². The van der Waals surface area contributed by atoms with Crippen molar-refractivity contribution in [3.8, 4) is 11.5 Å². The molecule has 0 bridgehead atoms. The van der Waals surface area contributed by atoms with E-state index in [1.165, 1.54) is 24.7 Å². The molecule has 1 atom stereocenters. The number of aromatic nitrogens is 3. The molecule has 2 aromatic heterocycles. The van der Waals surface area contributed by atoms with E-state index in [4.69, 9.17) is 38.1 Å². The lowest BCUT2D eigenvalue weighted by Gasteiger charge is -2.20. The van der Waals surface area contributed by atoms with Crippen LogP contribution in [0.25, 0.3) is 11.2 Å². The van der Waals surface area contributed by atoms with Crippen molar-refractivity contribution in [2.75, 3.05) is 25.5 Å². The number of anilines is 2. The highest BCUT2D eigenvalue weighted by atomic mass is 35.5. The zero-order valence-electron chi connectivity index (χ0n) is 21.9. The third kappa shape index (κ3) is 6.11. The van der Waals surface area contributed by atoms with Gasteiger partial charge in [-0.2, -0.15) is 18.2 Å². The van der Waals surface area contributed by atoms with Crippen LogP contribution in [0, 0.1) is 5.41 Å². The Labute approximate surface area is 243 Å². The minimum atomic E-state index is -4.58. The van der Waals surface area contributed by atoms with Gasteiger partial charge in [-0.15, -0.1) is 0 Å². The molecule has 1 saturated heterocycles. The Morgan fingerprint density at radius 3 is 2.76 bits per heavy atom. The lowest BCUT2D eigenvalue weighted by atomic mass is 10.1. The molecular formula is C26H25Cl2F3N8O2. The lowest BCUT2D eigenvalue weighted by molar-refractivity contribution is -0.137. The Hall–Kier alpha value is -3.81. The molecule has 0 amide bonds. The fourth-order valence-corrected chi connectivity index (χ4v) is 5.02. The van der Waals surface area contributed by atoms with Crippen LogP contribution in [0.1, 0.15) is 18.4 Å². The molecular weight excluding hydrogens is 584 g/mol. The zero-order valence-corrected chi connectivity index (χ0v) is 23.4. The van der Waals surface area contributed by atoms with Gasteiger partial charge in [0.15, 0.2) is 22.3 Å². The average Bonchev–Trinajstić information content (AvgIpc) is 3.49. The molecule has 0 spiro atoms. The van der Waals surface area contributed by atoms with Gasteiger partial charge in [-0.1, -0.05) is 23.2 Å². The number of nitrogens with one attached hydrogen (secondary N) is 3. The monoisotopic (exact) mass is 608 g/mol. The molecule has 10 nitrogen and oxygen atoms in total. The number of imidazole rings is 1. The Morgan fingerprint density at radius 1 is 1.27 bits per heavy atom. The number of alkyl halides is 3. The summed E-state index contributed by atoms with van der Waals surface area (Å²) in [6.07, 6.45) is 2.60. The number of fused-ring (bicyclic) bond motifs is 1. The van der Waals surface area contributed by atoms with Crippen LogP contribution in [0.4, 0.5) is 24.8 Å². The summed E-state index contributed by atoms with van der Waals surface area (Å²) in [5, 5.41) is 13.7. The fourth-order valence-electron chi connectivity index (χ4n) is 4.52. The number of allylic oxidation sites excluding steroid dienone is 2. The van der Waals surface area contributed by atoms with E-state index in [9.17, 15) is 13.2 Å². The normalized spacial score (nSPS) is 18.7. The number of pyridine rings is 1. The third-order valence-electron chi connectivity index (χ3n) is 6.70. The van der Waals surface area contributed by atoms with E-state index >= 15 is 0 Å². The topological polar surface area (TPSA) is 113 Å². The molecule has 0 saturated carbocycles. The minimum Gasteiger partial charge on any atom is -0.492 e. The Bertz CT molecular complexity index is 1580. The Morgan fingerprint density at radius 2 is 2.07 bits per heavy atom. The molecule has 4 heterocycles. The average molecular weight is 609 g/mol. The second kappa shape index (κ2) is 11.6. The summed E-state index contributed by atoms with van der Waals surface area (Å²) < 4.78 is 54.3. The number of aliphatic imine (C=N–C) groups is 1. The zero-order chi connectivity index (χ0) is 29.3. The number of nitrogens with zero attached hydrogens (tertiary/aromatic N) is 5. The quantitative estimate of drug-likeness (QED) is 0.218. The molecule has 3 aromatic rings. The highest BCUT2D eigenvalue weighted by Gasteiger charge is 2.32. The van der Waals surface area contributed by atoms with Gasteiger partial charge in [-0.25, -0.2) is 9.98 Å². The lowest BCUT2D eigenvalue weighted by Crippen LogP contribution is -2.30. The molecule has 0 radical (unpaired) electrons. The van der Waals surface area contributed by atoms with Crippen molar-refractivity contribution < 1.29 is 22.6 Å². The number of hydrogen-bond acceptors (Lipinski definition) is 9. The van der Waals surface area contributed by atoms with Gasteiger partial charge < -0.3 is 35.0 Å². The first-order chi connectivity index (χ1) is 19.5. The second-order valence-electron chi connectivity index (χ2n) is 9.43. The van der Waals surface area contributed by atoms with E-state index < -0.39 is 11.7 Å². The van der Waals surface area contributed by atoms with Crippen LogP contribution in [0.2, 0.25) is 5.02 Å². The molecule has 15 heteroatoms. The first-order valence-electron chi connectivity index (χ1n) is 12.5. The van der Waals surface area contributed by atoms with Crippen molar-refractivity contribution in [3.63, 3.8) is 0 Å². The Balaban J connectivity index is 1.44. The van der Waals surface area contributed by atoms with Crippen molar-refractivity contribution in [2.45, 2.75) is 25.1 Å². The number of rotatable bonds is 8. The van der Waals surface area contributed by atoms with Gasteiger partial charge in [0.25, 0.3) is 0 Å². The second-order valence-corrected chi connectivity index (χ2v) is 10.2. The number of halogens is 5. The highest BCUT2D eigenvalue weighted by molar-refractivity contribution is 6.69. The maximum absolute atomic E-state index is 13.7. The molecule has 216 valence electrons. The van der Waals surface area contributed by atoms with Crippen LogP contribution >= 0.6 is 23.2 Å². The molecule has 41 heavy (non-hydrogen) atoms. The van der Waals surface area contributed by atoms with E-state index in [0.29, 0.717) is 5.52 Å². The third-order valence-corrected chi connectivity index (χ3v) is 7.35. The first-order valence-corrected chi connectivity index (χ1v) is 13.2. The largest absolute Gasteiger partial charge is 0.492 e. The summed E-state index contributed by atoms with van der Waals surface area (Å²) in [6, 6.07) is 3.60. The van der Waals surface area contributed by atoms with Crippen molar-refractivity contribution in [3.05, 3.63) is 58.8 Å². The smallest absolute Gasteiger partial charge is 0.416 e. The Kier molecular flexibility index (Phi) is 8.11. The molecule has 1 aromatic carbocycles. The number of likely N-dealkylation sites (tertiary alicyclic amines) is 1. The van der Waals surface area contributed by atoms with Gasteiger partial charge in [0, 0.05) is 37.2 Å². The number of likely N-dealkylation sites (N-methyl/N-ethyl adjacent to an activating group) is 1. The van der Waals surface area contributed by atoms with Gasteiger partial charge in [-0.3, -0.25) is 0 Å². The first kappa shape index (κ1) is 28.7. The van der Waals surface area contributed by atoms with E-state index in [1.54, 1.807) is 11.6 Å². The summed E-state index contributed by atoms with van der Waals surface area (Å²) in [5.41, 5.74) is 0.104. The molecule has 5 rings (SSSR count). The van der Waals surface area contributed by atoms with E-state index in [1.807, 2.05) is 7.05 Å². The van der Waals surface area contributed by atoms with Gasteiger partial charge in [-0.05, 0) is 38.6 Å². The number of ether oxygens (including phenoxy) is 2.